The highest BCUT2D eigenvalue weighted by atomic mass is 16.5. The fraction of sp³-hybridized carbons (Fsp3) is 0.600. The maximum Gasteiger partial charge on any atom is 0.123 e. The Labute approximate surface area is 110 Å². The normalized spacial score (nSPS) is 17.9. The molecule has 1 fully saturated rings. The molecule has 1 unspecified atom stereocenters. The standard InChI is InChI=1S/C15H24N2O/c1-11-7-8-15(18-2)13(9-11)14(17-16)10-12-5-3-4-6-12/h7-9,12,14,17H,3-6,10,16H2,1-2H3. The molecular formula is C15H24N2O. The molecule has 0 aliphatic heterocycles. The molecule has 3 heteroatoms. The van der Waals surface area contributed by atoms with Crippen LogP contribution in [0.2, 0.25) is 0 Å². The van der Waals surface area contributed by atoms with E-state index in [1.165, 1.54) is 36.8 Å². The molecule has 1 saturated carbocycles. The minimum Gasteiger partial charge on any atom is -0.496 e. The number of methoxy groups -OCH3 is 1. The number of ether oxygens (including phenoxy) is 1. The Hall–Kier alpha value is -1.06. The second kappa shape index (κ2) is 6.21. The van der Waals surface area contributed by atoms with Crippen molar-refractivity contribution in [2.45, 2.75) is 45.1 Å². The molecule has 100 valence electrons. The van der Waals surface area contributed by atoms with Crippen LogP contribution in [0.4, 0.5) is 0 Å². The van der Waals surface area contributed by atoms with Crippen LogP contribution in [0.1, 0.15) is 49.3 Å². The van der Waals surface area contributed by atoms with Gasteiger partial charge in [0, 0.05) is 11.6 Å². The summed E-state index contributed by atoms with van der Waals surface area (Å²) in [5, 5.41) is 0. The van der Waals surface area contributed by atoms with Crippen molar-refractivity contribution in [3.05, 3.63) is 29.3 Å². The van der Waals surface area contributed by atoms with Crippen LogP contribution in [0.15, 0.2) is 18.2 Å². The smallest absolute Gasteiger partial charge is 0.123 e. The van der Waals surface area contributed by atoms with Gasteiger partial charge < -0.3 is 4.74 Å². The van der Waals surface area contributed by atoms with E-state index in [0.29, 0.717) is 0 Å². The van der Waals surface area contributed by atoms with Gasteiger partial charge in [-0.3, -0.25) is 11.3 Å². The Morgan fingerprint density at radius 1 is 1.39 bits per heavy atom. The summed E-state index contributed by atoms with van der Waals surface area (Å²) in [5.74, 6) is 7.49. The number of hydrogen-bond acceptors (Lipinski definition) is 3. The number of nitrogens with one attached hydrogen (secondary N) is 1. The molecule has 1 atom stereocenters. The number of hydrazine groups is 1. The molecule has 0 bridgehead atoms. The molecule has 0 aromatic heterocycles. The fourth-order valence-corrected chi connectivity index (χ4v) is 2.99. The van der Waals surface area contributed by atoms with Gasteiger partial charge in [-0.1, -0.05) is 43.4 Å². The molecule has 3 N–H and O–H groups in total. The first-order valence-electron chi connectivity index (χ1n) is 6.85. The van der Waals surface area contributed by atoms with Crippen LogP contribution in [0.3, 0.4) is 0 Å². The number of rotatable bonds is 5. The summed E-state index contributed by atoms with van der Waals surface area (Å²) in [5.41, 5.74) is 5.40. The van der Waals surface area contributed by atoms with Crippen LogP contribution in [-0.4, -0.2) is 7.11 Å². The summed E-state index contributed by atoms with van der Waals surface area (Å²) in [6.45, 7) is 2.10. The molecule has 0 saturated heterocycles. The molecule has 18 heavy (non-hydrogen) atoms. The van der Waals surface area contributed by atoms with Gasteiger partial charge in [-0.15, -0.1) is 0 Å². The van der Waals surface area contributed by atoms with E-state index in [4.69, 9.17) is 10.6 Å². The summed E-state index contributed by atoms with van der Waals surface area (Å²) in [4.78, 5) is 0. The third kappa shape index (κ3) is 3.03. The Bertz CT molecular complexity index is 386. The lowest BCUT2D eigenvalue weighted by Crippen LogP contribution is -2.29. The third-order valence-corrected chi connectivity index (χ3v) is 4.01. The van der Waals surface area contributed by atoms with E-state index in [2.05, 4.69) is 24.5 Å². The second-order valence-corrected chi connectivity index (χ2v) is 5.35. The third-order valence-electron chi connectivity index (χ3n) is 4.01. The number of benzene rings is 1. The Kier molecular flexibility index (Phi) is 4.61. The quantitative estimate of drug-likeness (QED) is 0.622. The molecule has 2 rings (SSSR count). The highest BCUT2D eigenvalue weighted by Gasteiger charge is 2.22. The molecule has 1 aromatic carbocycles. The van der Waals surface area contributed by atoms with Gasteiger partial charge in [-0.05, 0) is 25.3 Å². The predicted molar refractivity (Wildman–Crippen MR) is 74.4 cm³/mol. The SMILES string of the molecule is COc1ccc(C)cc1C(CC1CCCC1)NN. The van der Waals surface area contributed by atoms with E-state index >= 15 is 0 Å². The molecule has 1 aromatic rings. The van der Waals surface area contributed by atoms with Crippen molar-refractivity contribution in [1.29, 1.82) is 0 Å². The lowest BCUT2D eigenvalue weighted by Gasteiger charge is -2.22. The van der Waals surface area contributed by atoms with Gasteiger partial charge in [-0.2, -0.15) is 0 Å². The van der Waals surface area contributed by atoms with Crippen molar-refractivity contribution in [3.63, 3.8) is 0 Å². The van der Waals surface area contributed by atoms with Gasteiger partial charge in [0.2, 0.25) is 0 Å². The van der Waals surface area contributed by atoms with Crippen LogP contribution in [0, 0.1) is 12.8 Å². The molecule has 1 aliphatic carbocycles. The van der Waals surface area contributed by atoms with Crippen molar-refractivity contribution in [1.82, 2.24) is 5.43 Å². The minimum absolute atomic E-state index is 0.197. The average Bonchev–Trinajstić information content (AvgIpc) is 2.88. The number of hydrogen-bond donors (Lipinski definition) is 2. The summed E-state index contributed by atoms with van der Waals surface area (Å²) >= 11 is 0. The van der Waals surface area contributed by atoms with Crippen molar-refractivity contribution < 1.29 is 4.74 Å². The summed E-state index contributed by atoms with van der Waals surface area (Å²) in [7, 11) is 1.72. The lowest BCUT2D eigenvalue weighted by atomic mass is 9.92. The second-order valence-electron chi connectivity index (χ2n) is 5.35. The molecule has 0 radical (unpaired) electrons. The van der Waals surface area contributed by atoms with E-state index in [0.717, 1.165) is 18.1 Å². The van der Waals surface area contributed by atoms with Crippen molar-refractivity contribution in [3.8, 4) is 5.75 Å². The first-order chi connectivity index (χ1) is 8.74. The van der Waals surface area contributed by atoms with Gasteiger partial charge in [-0.25, -0.2) is 0 Å². The van der Waals surface area contributed by atoms with Crippen LogP contribution in [0.25, 0.3) is 0 Å². The molecule has 0 amide bonds. The molecular weight excluding hydrogens is 224 g/mol. The highest BCUT2D eigenvalue weighted by molar-refractivity contribution is 5.39. The molecule has 0 heterocycles. The maximum atomic E-state index is 5.75. The number of aryl methyl sites for hydroxylation is 1. The van der Waals surface area contributed by atoms with Gasteiger partial charge >= 0.3 is 0 Å². The zero-order chi connectivity index (χ0) is 13.0. The summed E-state index contributed by atoms with van der Waals surface area (Å²) < 4.78 is 5.45. The highest BCUT2D eigenvalue weighted by Crippen LogP contribution is 2.35. The van der Waals surface area contributed by atoms with E-state index < -0.39 is 0 Å². The Balaban J connectivity index is 2.17. The summed E-state index contributed by atoms with van der Waals surface area (Å²) in [6.07, 6.45) is 6.52. The Morgan fingerprint density at radius 2 is 2.11 bits per heavy atom. The van der Waals surface area contributed by atoms with Crippen LogP contribution < -0.4 is 16.0 Å². The van der Waals surface area contributed by atoms with E-state index in [9.17, 15) is 0 Å². The number of nitrogens with two attached hydrogens (primary N) is 1. The van der Waals surface area contributed by atoms with Gasteiger partial charge in [0.15, 0.2) is 0 Å². The van der Waals surface area contributed by atoms with E-state index in [-0.39, 0.29) is 6.04 Å². The molecule has 3 nitrogen and oxygen atoms in total. The van der Waals surface area contributed by atoms with Gasteiger partial charge in [0.1, 0.15) is 5.75 Å². The van der Waals surface area contributed by atoms with E-state index in [1.54, 1.807) is 7.11 Å². The molecule has 0 spiro atoms. The minimum atomic E-state index is 0.197. The first kappa shape index (κ1) is 13.4. The summed E-state index contributed by atoms with van der Waals surface area (Å²) in [6, 6.07) is 6.48. The predicted octanol–water partition coefficient (Wildman–Crippen LogP) is 3.09. The largest absolute Gasteiger partial charge is 0.496 e. The fourth-order valence-electron chi connectivity index (χ4n) is 2.99. The van der Waals surface area contributed by atoms with E-state index in [1.807, 2.05) is 6.07 Å². The first-order valence-corrected chi connectivity index (χ1v) is 6.85. The zero-order valence-corrected chi connectivity index (χ0v) is 11.4. The van der Waals surface area contributed by atoms with Crippen LogP contribution >= 0.6 is 0 Å². The zero-order valence-electron chi connectivity index (χ0n) is 11.4. The van der Waals surface area contributed by atoms with Gasteiger partial charge in [0.05, 0.1) is 7.11 Å². The van der Waals surface area contributed by atoms with Gasteiger partial charge in [0.25, 0.3) is 0 Å². The average molecular weight is 248 g/mol. The maximum absolute atomic E-state index is 5.75. The van der Waals surface area contributed by atoms with Crippen molar-refractivity contribution in [2.75, 3.05) is 7.11 Å². The van der Waals surface area contributed by atoms with Crippen molar-refractivity contribution >= 4 is 0 Å². The van der Waals surface area contributed by atoms with Crippen molar-refractivity contribution in [2.24, 2.45) is 11.8 Å². The molecule has 1 aliphatic rings. The Morgan fingerprint density at radius 3 is 2.72 bits per heavy atom. The lowest BCUT2D eigenvalue weighted by molar-refractivity contribution is 0.369. The topological polar surface area (TPSA) is 47.3 Å². The monoisotopic (exact) mass is 248 g/mol. The van der Waals surface area contributed by atoms with Crippen LogP contribution in [0.5, 0.6) is 5.75 Å². The van der Waals surface area contributed by atoms with Crippen LogP contribution in [-0.2, 0) is 0 Å².